The lowest BCUT2D eigenvalue weighted by Gasteiger charge is -2.36. The molecule has 40 heavy (non-hydrogen) atoms. The molecule has 2 aromatic heterocycles. The van der Waals surface area contributed by atoms with Crippen LogP contribution in [-0.2, 0) is 28.0 Å². The normalized spacial score (nSPS) is 12.7. The maximum absolute atomic E-state index is 11.4. The summed E-state index contributed by atoms with van der Waals surface area (Å²) in [7, 11) is 1.41. The molecule has 0 aliphatic heterocycles. The predicted molar refractivity (Wildman–Crippen MR) is 161 cm³/mol. The molecule has 0 amide bonds. The number of rotatable bonds is 11. The first-order chi connectivity index (χ1) is 19.5. The number of thiazole rings is 1. The fourth-order valence-corrected chi connectivity index (χ4v) is 6.40. The third kappa shape index (κ3) is 5.73. The van der Waals surface area contributed by atoms with Crippen molar-refractivity contribution in [2.75, 3.05) is 7.11 Å². The number of carbonyl (C=O) groups excluding carboxylic acids is 1. The number of hydrogen-bond donors (Lipinski definition) is 1. The van der Waals surface area contributed by atoms with Gasteiger partial charge in [0, 0.05) is 29.3 Å². The summed E-state index contributed by atoms with van der Waals surface area (Å²) >= 11 is 1.71. The molecular weight excluding hydrogens is 516 g/mol. The van der Waals surface area contributed by atoms with Crippen molar-refractivity contribution in [1.82, 2.24) is 9.97 Å². The second-order valence-corrected chi connectivity index (χ2v) is 11.0. The summed E-state index contributed by atoms with van der Waals surface area (Å²) < 4.78 is 10.8. The number of esters is 1. The Bertz CT molecular complexity index is 1510. The lowest BCUT2D eigenvalue weighted by molar-refractivity contribution is -0.140. The number of benzene rings is 3. The second-order valence-electron chi connectivity index (χ2n) is 10.2. The first-order valence-corrected chi connectivity index (χ1v) is 14.4. The molecule has 5 nitrogen and oxygen atoms in total. The molecule has 3 aromatic carbocycles. The van der Waals surface area contributed by atoms with E-state index in [2.05, 4.69) is 84.9 Å². The number of H-pyrrole nitrogens is 1. The molecule has 0 saturated carbocycles. The number of aryl methyl sites for hydroxylation is 1. The number of aromatic nitrogens is 2. The van der Waals surface area contributed by atoms with Crippen molar-refractivity contribution in [2.24, 2.45) is 5.92 Å². The summed E-state index contributed by atoms with van der Waals surface area (Å²) in [5, 5.41) is 3.23. The zero-order valence-corrected chi connectivity index (χ0v) is 23.9. The van der Waals surface area contributed by atoms with Gasteiger partial charge in [0.1, 0.15) is 17.4 Å². The van der Waals surface area contributed by atoms with Crippen molar-refractivity contribution in [1.29, 1.82) is 0 Å². The Hall–Kier alpha value is -4.16. The third-order valence-electron chi connectivity index (χ3n) is 7.38. The highest BCUT2D eigenvalue weighted by atomic mass is 32.1. The largest absolute Gasteiger partial charge is 0.489 e. The molecule has 0 bridgehead atoms. The molecule has 0 saturated heterocycles. The summed E-state index contributed by atoms with van der Waals surface area (Å²) in [4.78, 5) is 20.1. The van der Waals surface area contributed by atoms with Crippen molar-refractivity contribution in [2.45, 2.75) is 38.7 Å². The molecular formula is C34H34N2O3S. The van der Waals surface area contributed by atoms with Gasteiger partial charge in [-0.05, 0) is 53.3 Å². The molecule has 0 fully saturated rings. The highest BCUT2D eigenvalue weighted by Crippen LogP contribution is 2.46. The number of carbonyl (C=O) groups is 1. The van der Waals surface area contributed by atoms with Crippen LogP contribution < -0.4 is 4.74 Å². The molecule has 2 heterocycles. The van der Waals surface area contributed by atoms with Gasteiger partial charge in [-0.15, -0.1) is 11.3 Å². The maximum atomic E-state index is 11.4. The average Bonchev–Trinajstić information content (AvgIpc) is 3.71. The zero-order chi connectivity index (χ0) is 28.0. The quantitative estimate of drug-likeness (QED) is 0.170. The molecule has 5 rings (SSSR count). The van der Waals surface area contributed by atoms with E-state index in [-0.39, 0.29) is 11.9 Å². The highest BCUT2D eigenvalue weighted by Gasteiger charge is 2.43. The highest BCUT2D eigenvalue weighted by molar-refractivity contribution is 7.10. The fraction of sp³-hybridized carbons (Fsp3) is 0.235. The van der Waals surface area contributed by atoms with Crippen LogP contribution in [0.25, 0.3) is 11.3 Å². The molecule has 6 heteroatoms. The van der Waals surface area contributed by atoms with Crippen LogP contribution in [0.3, 0.4) is 0 Å². The van der Waals surface area contributed by atoms with Gasteiger partial charge < -0.3 is 14.5 Å². The van der Waals surface area contributed by atoms with E-state index in [1.54, 1.807) is 11.3 Å². The van der Waals surface area contributed by atoms with E-state index in [1.807, 2.05) is 36.5 Å². The van der Waals surface area contributed by atoms with Crippen LogP contribution in [0.1, 0.15) is 47.7 Å². The molecule has 0 aliphatic carbocycles. The van der Waals surface area contributed by atoms with Crippen LogP contribution in [-0.4, -0.2) is 23.0 Å². The molecule has 204 valence electrons. The smallest absolute Gasteiger partial charge is 0.305 e. The summed E-state index contributed by atoms with van der Waals surface area (Å²) in [6, 6.07) is 31.1. The Kier molecular flexibility index (Phi) is 8.46. The third-order valence-corrected chi connectivity index (χ3v) is 8.36. The summed E-state index contributed by atoms with van der Waals surface area (Å²) in [6.45, 7) is 4.99. The van der Waals surface area contributed by atoms with Crippen molar-refractivity contribution in [3.8, 4) is 17.0 Å². The molecule has 0 aliphatic rings. The lowest BCUT2D eigenvalue weighted by atomic mass is 9.69. The number of aromatic amines is 1. The molecule has 0 radical (unpaired) electrons. The Balaban J connectivity index is 1.37. The molecule has 1 unspecified atom stereocenters. The first-order valence-electron chi connectivity index (χ1n) is 13.5. The van der Waals surface area contributed by atoms with Gasteiger partial charge in [-0.1, -0.05) is 80.6 Å². The maximum Gasteiger partial charge on any atom is 0.305 e. The van der Waals surface area contributed by atoms with Crippen LogP contribution >= 0.6 is 11.3 Å². The van der Waals surface area contributed by atoms with E-state index in [1.165, 1.54) is 12.7 Å². The SMILES string of the molecule is COC(=O)CCc1ccc(OCc2ccc(C(c3ccc[nH]3)(c3nc(-c4ccccc4)cs3)C(C)C)cc2)cc1. The first kappa shape index (κ1) is 27.4. The van der Waals surface area contributed by atoms with Crippen molar-refractivity contribution in [3.05, 3.63) is 130 Å². The van der Waals surface area contributed by atoms with Crippen LogP contribution in [0.15, 0.2) is 103 Å². The van der Waals surface area contributed by atoms with Gasteiger partial charge in [0.15, 0.2) is 0 Å². The van der Waals surface area contributed by atoms with Crippen LogP contribution in [0, 0.1) is 5.92 Å². The second kappa shape index (κ2) is 12.3. The number of methoxy groups -OCH3 is 1. The van der Waals surface area contributed by atoms with E-state index >= 15 is 0 Å². The fourth-order valence-electron chi connectivity index (χ4n) is 5.19. The van der Waals surface area contributed by atoms with E-state index in [9.17, 15) is 4.79 Å². The Morgan fingerprint density at radius 2 is 1.65 bits per heavy atom. The lowest BCUT2D eigenvalue weighted by Crippen LogP contribution is -2.35. The van der Waals surface area contributed by atoms with Gasteiger partial charge in [-0.3, -0.25) is 4.79 Å². The van der Waals surface area contributed by atoms with E-state index in [0.29, 0.717) is 19.4 Å². The average molecular weight is 551 g/mol. The minimum absolute atomic E-state index is 0.201. The van der Waals surface area contributed by atoms with Crippen LogP contribution in [0.2, 0.25) is 0 Å². The number of ether oxygens (including phenoxy) is 2. The number of hydrogen-bond acceptors (Lipinski definition) is 5. The Labute approximate surface area is 239 Å². The molecule has 0 spiro atoms. The zero-order valence-electron chi connectivity index (χ0n) is 23.1. The Morgan fingerprint density at radius 1 is 0.925 bits per heavy atom. The van der Waals surface area contributed by atoms with Gasteiger partial charge in [0.25, 0.3) is 0 Å². The van der Waals surface area contributed by atoms with E-state index in [4.69, 9.17) is 14.5 Å². The Morgan fingerprint density at radius 3 is 2.30 bits per heavy atom. The van der Waals surface area contributed by atoms with Crippen LogP contribution in [0.4, 0.5) is 0 Å². The number of nitrogens with one attached hydrogen (secondary N) is 1. The topological polar surface area (TPSA) is 64.2 Å². The van der Waals surface area contributed by atoms with E-state index < -0.39 is 5.41 Å². The van der Waals surface area contributed by atoms with Gasteiger partial charge in [0.05, 0.1) is 18.2 Å². The van der Waals surface area contributed by atoms with Gasteiger partial charge in [-0.2, -0.15) is 0 Å². The van der Waals surface area contributed by atoms with Crippen molar-refractivity contribution in [3.63, 3.8) is 0 Å². The van der Waals surface area contributed by atoms with E-state index in [0.717, 1.165) is 38.8 Å². The van der Waals surface area contributed by atoms with Gasteiger partial charge >= 0.3 is 5.97 Å². The summed E-state index contributed by atoms with van der Waals surface area (Å²) in [5.41, 5.74) is 6.20. The minimum atomic E-state index is -0.416. The van der Waals surface area contributed by atoms with Gasteiger partial charge in [-0.25, -0.2) is 4.98 Å². The standard InChI is InChI=1S/C34H34N2O3S/c1-24(2)34(31-10-7-21-35-31,33-36-30(23-40-33)27-8-5-4-6-9-27)28-16-11-26(12-17-28)22-39-29-18-13-25(14-19-29)15-20-32(37)38-3/h4-14,16-19,21,23-24,35H,15,20,22H2,1-3H3. The molecule has 5 aromatic rings. The van der Waals surface area contributed by atoms with Crippen molar-refractivity contribution < 1.29 is 14.3 Å². The minimum Gasteiger partial charge on any atom is -0.489 e. The molecule has 1 N–H and O–H groups in total. The monoisotopic (exact) mass is 550 g/mol. The summed E-state index contributed by atoms with van der Waals surface area (Å²) in [5.74, 6) is 0.846. The van der Waals surface area contributed by atoms with Crippen LogP contribution in [0.5, 0.6) is 5.75 Å². The predicted octanol–water partition coefficient (Wildman–Crippen LogP) is 7.81. The molecule has 1 atom stereocenters. The summed E-state index contributed by atoms with van der Waals surface area (Å²) in [6.07, 6.45) is 3.01. The van der Waals surface area contributed by atoms with Crippen molar-refractivity contribution >= 4 is 17.3 Å². The van der Waals surface area contributed by atoms with Gasteiger partial charge in [0.2, 0.25) is 0 Å². The number of nitrogens with zero attached hydrogens (tertiary/aromatic N) is 1.